The zero-order valence-electron chi connectivity index (χ0n) is 60.0. The van der Waals surface area contributed by atoms with Crippen LogP contribution in [0.3, 0.4) is 0 Å². The molecule has 0 bridgehead atoms. The topological polar surface area (TPSA) is 237 Å². The molecule has 0 fully saturated rings. The first-order valence-corrected chi connectivity index (χ1v) is 40.9. The lowest BCUT2D eigenvalue weighted by atomic mass is 9.99. The Hall–Kier alpha value is -1.94. The third-order valence-electron chi connectivity index (χ3n) is 17.2. The normalized spacial score (nSPS) is 14.4. The van der Waals surface area contributed by atoms with E-state index in [0.29, 0.717) is 31.6 Å². The Kier molecular flexibility index (Phi) is 62.4. The minimum absolute atomic E-state index is 0.106. The molecule has 0 radical (unpaired) electrons. The highest BCUT2D eigenvalue weighted by molar-refractivity contribution is 7.47. The molecule has 19 heteroatoms. The zero-order valence-corrected chi connectivity index (χ0v) is 61.8. The van der Waals surface area contributed by atoms with Crippen molar-refractivity contribution in [1.82, 2.24) is 0 Å². The number of carbonyl (C=O) groups is 4. The Morgan fingerprint density at radius 1 is 0.315 bits per heavy atom. The molecule has 0 aromatic rings. The SMILES string of the molecule is CCCCCCCCCCCCCCC(=O)O[C@H](COC(=O)CCCCCCCCC(C)C)COP(=O)(O)OC[C@H](O)COP(=O)(O)OC[C@@H](COC(=O)CCCCCCCCCCCCC(C)C)OC(=O)CCCCCCCCCCCCCCCCC(C)CC. The van der Waals surface area contributed by atoms with Gasteiger partial charge in [-0.15, -0.1) is 0 Å². The Morgan fingerprint density at radius 3 is 0.826 bits per heavy atom. The number of ether oxygens (including phenoxy) is 4. The van der Waals surface area contributed by atoms with Gasteiger partial charge in [0.1, 0.15) is 19.3 Å². The van der Waals surface area contributed by atoms with Gasteiger partial charge in [-0.25, -0.2) is 9.13 Å². The molecule has 0 aromatic carbocycles. The summed E-state index contributed by atoms with van der Waals surface area (Å²) < 4.78 is 68.4. The van der Waals surface area contributed by atoms with Gasteiger partial charge in [-0.3, -0.25) is 37.3 Å². The van der Waals surface area contributed by atoms with E-state index in [4.69, 9.17) is 37.0 Å². The monoisotopic (exact) mass is 1350 g/mol. The van der Waals surface area contributed by atoms with Gasteiger partial charge in [0.25, 0.3) is 0 Å². The molecule has 0 saturated heterocycles. The van der Waals surface area contributed by atoms with Crippen LogP contribution in [0.1, 0.15) is 370 Å². The van der Waals surface area contributed by atoms with Crippen molar-refractivity contribution in [2.45, 2.75) is 388 Å². The fourth-order valence-electron chi connectivity index (χ4n) is 11.0. The van der Waals surface area contributed by atoms with Gasteiger partial charge in [0, 0.05) is 25.7 Å². The summed E-state index contributed by atoms with van der Waals surface area (Å²) in [6.07, 6.45) is 48.6. The maximum atomic E-state index is 13.1. The van der Waals surface area contributed by atoms with Crippen molar-refractivity contribution in [2.75, 3.05) is 39.6 Å². The number of phosphoric ester groups is 2. The van der Waals surface area contributed by atoms with E-state index in [-0.39, 0.29) is 25.7 Å². The van der Waals surface area contributed by atoms with E-state index in [1.54, 1.807) is 0 Å². The van der Waals surface area contributed by atoms with Crippen molar-refractivity contribution in [2.24, 2.45) is 17.8 Å². The molecule has 92 heavy (non-hydrogen) atoms. The summed E-state index contributed by atoms with van der Waals surface area (Å²) in [6, 6.07) is 0. The Balaban J connectivity index is 5.23. The number of rotatable bonds is 71. The number of hydrogen-bond acceptors (Lipinski definition) is 15. The predicted molar refractivity (Wildman–Crippen MR) is 372 cm³/mol. The second-order valence-corrected chi connectivity index (χ2v) is 30.4. The summed E-state index contributed by atoms with van der Waals surface area (Å²) in [4.78, 5) is 72.6. The van der Waals surface area contributed by atoms with Gasteiger partial charge in [-0.1, -0.05) is 318 Å². The first-order chi connectivity index (χ1) is 44.3. The number of aliphatic hydroxyl groups excluding tert-OH is 1. The van der Waals surface area contributed by atoms with E-state index in [1.807, 2.05) is 0 Å². The Morgan fingerprint density at radius 2 is 0.554 bits per heavy atom. The summed E-state index contributed by atoms with van der Waals surface area (Å²) in [7, 11) is -9.90. The molecule has 546 valence electrons. The first-order valence-electron chi connectivity index (χ1n) is 37.9. The number of esters is 4. The van der Waals surface area contributed by atoms with Crippen LogP contribution < -0.4 is 0 Å². The van der Waals surface area contributed by atoms with Crippen LogP contribution in [0.5, 0.6) is 0 Å². The molecule has 0 aliphatic heterocycles. The van der Waals surface area contributed by atoms with Crippen LogP contribution >= 0.6 is 15.6 Å². The fourth-order valence-corrected chi connectivity index (χ4v) is 12.6. The molecule has 6 atom stereocenters. The number of phosphoric acid groups is 2. The number of unbranched alkanes of at least 4 members (excludes halogenated alkanes) is 38. The van der Waals surface area contributed by atoms with Crippen LogP contribution in [-0.2, 0) is 65.4 Å². The van der Waals surface area contributed by atoms with Gasteiger partial charge in [-0.2, -0.15) is 0 Å². The summed E-state index contributed by atoms with van der Waals surface area (Å²) >= 11 is 0. The smallest absolute Gasteiger partial charge is 0.462 e. The lowest BCUT2D eigenvalue weighted by Gasteiger charge is -2.21. The quantitative estimate of drug-likeness (QED) is 0.0222. The van der Waals surface area contributed by atoms with Gasteiger partial charge in [-0.05, 0) is 43.4 Å². The van der Waals surface area contributed by atoms with Crippen molar-refractivity contribution < 1.29 is 80.2 Å². The molecule has 0 aromatic heterocycles. The maximum absolute atomic E-state index is 13.1. The molecule has 3 N–H and O–H groups in total. The number of aliphatic hydroxyl groups is 1. The summed E-state index contributed by atoms with van der Waals surface area (Å²) in [5, 5.41) is 10.6. The summed E-state index contributed by atoms with van der Waals surface area (Å²) in [5.74, 6) is 0.161. The van der Waals surface area contributed by atoms with Crippen molar-refractivity contribution in [3.63, 3.8) is 0 Å². The first kappa shape index (κ1) is 90.1. The highest BCUT2D eigenvalue weighted by atomic mass is 31.2. The number of carbonyl (C=O) groups excluding carboxylic acids is 4. The van der Waals surface area contributed by atoms with Gasteiger partial charge in [0.2, 0.25) is 0 Å². The molecule has 0 rings (SSSR count). The Labute approximate surface area is 562 Å². The minimum atomic E-state index is -4.95. The maximum Gasteiger partial charge on any atom is 0.472 e. The van der Waals surface area contributed by atoms with Crippen LogP contribution in [0.4, 0.5) is 0 Å². The molecule has 0 amide bonds. The fraction of sp³-hybridized carbons (Fsp3) is 0.945. The van der Waals surface area contributed by atoms with Crippen LogP contribution in [-0.4, -0.2) is 96.7 Å². The van der Waals surface area contributed by atoms with E-state index < -0.39 is 97.5 Å². The molecule has 3 unspecified atom stereocenters. The average Bonchev–Trinajstić information content (AvgIpc) is 3.39. The lowest BCUT2D eigenvalue weighted by molar-refractivity contribution is -0.161. The predicted octanol–water partition coefficient (Wildman–Crippen LogP) is 21.0. The van der Waals surface area contributed by atoms with E-state index in [0.717, 1.165) is 108 Å². The molecule has 0 aliphatic rings. The van der Waals surface area contributed by atoms with Gasteiger partial charge in [0.15, 0.2) is 12.2 Å². The zero-order chi connectivity index (χ0) is 68.0. The highest BCUT2D eigenvalue weighted by Crippen LogP contribution is 2.45. The molecule has 0 spiro atoms. The van der Waals surface area contributed by atoms with Crippen molar-refractivity contribution in [3.8, 4) is 0 Å². The Bertz CT molecular complexity index is 1800. The van der Waals surface area contributed by atoms with Crippen LogP contribution in [0.15, 0.2) is 0 Å². The van der Waals surface area contributed by atoms with Crippen molar-refractivity contribution in [1.29, 1.82) is 0 Å². The molecule has 17 nitrogen and oxygen atoms in total. The number of hydrogen-bond donors (Lipinski definition) is 3. The van der Waals surface area contributed by atoms with E-state index >= 15 is 0 Å². The van der Waals surface area contributed by atoms with Crippen LogP contribution in [0.25, 0.3) is 0 Å². The van der Waals surface area contributed by atoms with Gasteiger partial charge >= 0.3 is 39.5 Å². The van der Waals surface area contributed by atoms with Crippen molar-refractivity contribution in [3.05, 3.63) is 0 Å². The molecular weight excluding hydrogens is 1210 g/mol. The summed E-state index contributed by atoms with van der Waals surface area (Å²) in [6.45, 7) is 11.8. The van der Waals surface area contributed by atoms with Gasteiger partial charge < -0.3 is 33.8 Å². The molecule has 0 saturated carbocycles. The lowest BCUT2D eigenvalue weighted by Crippen LogP contribution is -2.30. The van der Waals surface area contributed by atoms with Crippen molar-refractivity contribution >= 4 is 39.5 Å². The second kappa shape index (κ2) is 63.8. The third kappa shape index (κ3) is 65.4. The minimum Gasteiger partial charge on any atom is -0.462 e. The van der Waals surface area contributed by atoms with Crippen LogP contribution in [0, 0.1) is 17.8 Å². The second-order valence-electron chi connectivity index (χ2n) is 27.5. The molecule has 0 heterocycles. The largest absolute Gasteiger partial charge is 0.472 e. The molecule has 0 aliphatic carbocycles. The van der Waals surface area contributed by atoms with E-state index in [9.17, 15) is 43.2 Å². The molecular formula is C73H142O17P2. The third-order valence-corrected chi connectivity index (χ3v) is 19.1. The highest BCUT2D eigenvalue weighted by Gasteiger charge is 2.30. The van der Waals surface area contributed by atoms with E-state index in [2.05, 4.69) is 48.5 Å². The average molecular weight is 1350 g/mol. The van der Waals surface area contributed by atoms with E-state index in [1.165, 1.54) is 173 Å². The van der Waals surface area contributed by atoms with Crippen LogP contribution in [0.2, 0.25) is 0 Å². The standard InChI is InChI=1S/C73H142O17P2/c1-8-10-11-12-13-14-15-21-28-33-42-49-56-72(77)90-69(61-84-71(76)55-48-41-36-35-38-45-52-65(5)6)63-88-92(81,82)86-59-67(74)58-85-91(79,80)87-62-68(60-83-70(75)54-47-40-32-27-24-23-25-30-37-44-51-64(3)4)89-73(78)57-50-43-34-29-22-19-17-16-18-20-26-31-39-46-53-66(7)9-2/h64-69,74H,8-63H2,1-7H3,(H,79,80)(H,81,82)/t66?,67-,68-,69-/m1/s1. The van der Waals surface area contributed by atoms with Gasteiger partial charge in [0.05, 0.1) is 26.4 Å². The summed E-state index contributed by atoms with van der Waals surface area (Å²) in [5.41, 5.74) is 0.